The van der Waals surface area contributed by atoms with Gasteiger partial charge < -0.3 is 4.74 Å². The lowest BCUT2D eigenvalue weighted by Gasteiger charge is -2.56. The molecule has 26 heavy (non-hydrogen) atoms. The molecular formula is C22H25ClO3. The Morgan fingerprint density at radius 3 is 2.73 bits per heavy atom. The lowest BCUT2D eigenvalue weighted by Crippen LogP contribution is -2.55. The van der Waals surface area contributed by atoms with Gasteiger partial charge in [0.25, 0.3) is 0 Å². The summed E-state index contributed by atoms with van der Waals surface area (Å²) in [7, 11) is 0. The van der Waals surface area contributed by atoms with Gasteiger partial charge in [-0.25, -0.2) is 4.79 Å². The summed E-state index contributed by atoms with van der Waals surface area (Å²) in [6.07, 6.45) is 11.1. The maximum Gasteiger partial charge on any atom is 0.331 e. The predicted molar refractivity (Wildman–Crippen MR) is 97.2 cm³/mol. The number of hydrogen-bond donors (Lipinski definition) is 0. The van der Waals surface area contributed by atoms with Crippen LogP contribution in [-0.4, -0.2) is 17.4 Å². The molecule has 0 bridgehead atoms. The second-order valence-electron chi connectivity index (χ2n) is 9.81. The molecule has 1 heterocycles. The highest BCUT2D eigenvalue weighted by Gasteiger charge is 2.77. The van der Waals surface area contributed by atoms with Crippen LogP contribution in [0.15, 0.2) is 22.8 Å². The monoisotopic (exact) mass is 372 g/mol. The molecule has 0 aromatic heterocycles. The first-order valence-corrected chi connectivity index (χ1v) is 10.7. The fourth-order valence-electron chi connectivity index (χ4n) is 8.19. The Morgan fingerprint density at radius 2 is 1.96 bits per heavy atom. The number of hydrogen-bond acceptors (Lipinski definition) is 3. The number of Topliss-reactive ketones (excluding diaryl/α,β-unsaturated/α-hetero) is 1. The molecule has 1 spiro atoms. The Labute approximate surface area is 159 Å². The zero-order valence-electron chi connectivity index (χ0n) is 15.2. The highest BCUT2D eigenvalue weighted by atomic mass is 35.5. The lowest BCUT2D eigenvalue weighted by molar-refractivity contribution is -0.167. The third-order valence-corrected chi connectivity index (χ3v) is 9.60. The molecule has 8 atom stereocenters. The number of ketones is 1. The average Bonchev–Trinajstić information content (AvgIpc) is 3.26. The van der Waals surface area contributed by atoms with Crippen molar-refractivity contribution in [2.75, 3.05) is 0 Å². The molecule has 0 N–H and O–H groups in total. The van der Waals surface area contributed by atoms with Crippen LogP contribution in [0.2, 0.25) is 0 Å². The summed E-state index contributed by atoms with van der Waals surface area (Å²) >= 11 is 6.43. The van der Waals surface area contributed by atoms with Crippen LogP contribution in [0.3, 0.4) is 0 Å². The van der Waals surface area contributed by atoms with E-state index in [9.17, 15) is 9.59 Å². The minimum Gasteiger partial charge on any atom is -0.451 e. The van der Waals surface area contributed by atoms with Crippen LogP contribution >= 0.6 is 11.6 Å². The molecule has 0 aromatic rings. The summed E-state index contributed by atoms with van der Waals surface area (Å²) in [5, 5.41) is 0.563. The summed E-state index contributed by atoms with van der Waals surface area (Å²) in [6.45, 7) is 2.39. The second-order valence-corrected chi connectivity index (χ2v) is 10.2. The van der Waals surface area contributed by atoms with E-state index in [1.807, 2.05) is 0 Å². The lowest BCUT2D eigenvalue weighted by atomic mass is 9.49. The highest BCUT2D eigenvalue weighted by Crippen LogP contribution is 2.77. The fraction of sp³-hybridized carbons (Fsp3) is 0.727. The van der Waals surface area contributed by atoms with Crippen molar-refractivity contribution in [1.82, 2.24) is 0 Å². The summed E-state index contributed by atoms with van der Waals surface area (Å²) < 4.78 is 6.03. The molecule has 4 fully saturated rings. The first-order valence-electron chi connectivity index (χ1n) is 10.3. The van der Waals surface area contributed by atoms with E-state index >= 15 is 0 Å². The van der Waals surface area contributed by atoms with E-state index in [0.29, 0.717) is 41.0 Å². The van der Waals surface area contributed by atoms with Crippen LogP contribution in [0.1, 0.15) is 51.9 Å². The van der Waals surface area contributed by atoms with Crippen molar-refractivity contribution in [3.63, 3.8) is 0 Å². The van der Waals surface area contributed by atoms with Gasteiger partial charge in [0.1, 0.15) is 5.60 Å². The summed E-state index contributed by atoms with van der Waals surface area (Å²) in [6, 6.07) is 0. The van der Waals surface area contributed by atoms with Crippen molar-refractivity contribution < 1.29 is 14.3 Å². The molecule has 5 aliphatic carbocycles. The number of halogens is 1. The highest BCUT2D eigenvalue weighted by molar-refractivity contribution is 6.43. The molecule has 0 aromatic carbocycles. The van der Waals surface area contributed by atoms with Gasteiger partial charge in [-0.2, -0.15) is 0 Å². The topological polar surface area (TPSA) is 43.4 Å². The van der Waals surface area contributed by atoms with Gasteiger partial charge in [-0.1, -0.05) is 18.5 Å². The SMILES string of the molecule is C[C@]12CC[C@H]3[C@@H](CCC4=C(Cl)C(=O)CC[C@@H]43)[C@@H]1[C@@H]1C[C@@H]1[C@@]21C=CC(=O)O1. The Kier molecular flexibility index (Phi) is 2.96. The van der Waals surface area contributed by atoms with E-state index in [4.69, 9.17) is 16.3 Å². The van der Waals surface area contributed by atoms with Crippen LogP contribution in [0.4, 0.5) is 0 Å². The minimum atomic E-state index is -0.333. The summed E-state index contributed by atoms with van der Waals surface area (Å²) in [4.78, 5) is 24.0. The standard InChI is InChI=1S/C22H25ClO3/c1-21-8-6-12-11-4-5-17(24)20(23)14(11)3-2-13(12)19(21)15-10-16(15)22(21)9-7-18(25)26-22/h7,9,11-13,15-16,19H,2-6,8,10H2,1H3/t11-,12-,13-,15-,16+,19-,21+,22+/m1/s1. The second kappa shape index (κ2) is 4.84. The van der Waals surface area contributed by atoms with Gasteiger partial charge in [-0.15, -0.1) is 0 Å². The Bertz CT molecular complexity index is 797. The molecule has 0 amide bonds. The van der Waals surface area contributed by atoms with Crippen LogP contribution in [-0.2, 0) is 14.3 Å². The van der Waals surface area contributed by atoms with Crippen LogP contribution in [0, 0.1) is 40.9 Å². The largest absolute Gasteiger partial charge is 0.451 e. The van der Waals surface area contributed by atoms with Gasteiger partial charge in [0.2, 0.25) is 0 Å². The van der Waals surface area contributed by atoms with Crippen molar-refractivity contribution in [3.05, 3.63) is 22.8 Å². The average molecular weight is 373 g/mol. The molecule has 0 radical (unpaired) electrons. The molecule has 3 nitrogen and oxygen atoms in total. The summed E-state index contributed by atoms with van der Waals surface area (Å²) in [5.74, 6) is 3.78. The Morgan fingerprint density at radius 1 is 1.12 bits per heavy atom. The molecule has 6 rings (SSSR count). The molecule has 0 unspecified atom stereocenters. The van der Waals surface area contributed by atoms with Crippen molar-refractivity contribution in [1.29, 1.82) is 0 Å². The number of rotatable bonds is 0. The molecule has 1 aliphatic heterocycles. The predicted octanol–water partition coefficient (Wildman–Crippen LogP) is 4.40. The van der Waals surface area contributed by atoms with E-state index in [1.165, 1.54) is 18.4 Å². The maximum absolute atomic E-state index is 12.1. The van der Waals surface area contributed by atoms with Crippen molar-refractivity contribution in [3.8, 4) is 0 Å². The van der Waals surface area contributed by atoms with Crippen molar-refractivity contribution in [2.24, 2.45) is 40.9 Å². The fourth-order valence-corrected chi connectivity index (χ4v) is 8.52. The molecular weight excluding hydrogens is 348 g/mol. The van der Waals surface area contributed by atoms with E-state index in [1.54, 1.807) is 6.08 Å². The number of carbonyl (C=O) groups excluding carboxylic acids is 2. The van der Waals surface area contributed by atoms with Crippen LogP contribution in [0.25, 0.3) is 0 Å². The first-order chi connectivity index (χ1) is 12.5. The number of esters is 1. The van der Waals surface area contributed by atoms with E-state index in [0.717, 1.165) is 31.6 Å². The Balaban J connectivity index is 1.39. The van der Waals surface area contributed by atoms with Gasteiger partial charge in [0, 0.05) is 23.8 Å². The van der Waals surface area contributed by atoms with Gasteiger partial charge in [0.05, 0.1) is 5.03 Å². The first kappa shape index (κ1) is 15.9. The minimum absolute atomic E-state index is 0.0832. The number of allylic oxidation sites excluding steroid dienone is 1. The number of carbonyl (C=O) groups is 2. The van der Waals surface area contributed by atoms with Crippen molar-refractivity contribution >= 4 is 23.4 Å². The van der Waals surface area contributed by atoms with Gasteiger partial charge in [-0.3, -0.25) is 4.79 Å². The third-order valence-electron chi connectivity index (χ3n) is 9.15. The molecule has 138 valence electrons. The zero-order valence-corrected chi connectivity index (χ0v) is 15.9. The molecule has 0 saturated heterocycles. The van der Waals surface area contributed by atoms with Gasteiger partial charge >= 0.3 is 5.97 Å². The normalized spacial score (nSPS) is 53.9. The smallest absolute Gasteiger partial charge is 0.331 e. The number of ether oxygens (including phenoxy) is 1. The maximum atomic E-state index is 12.1. The molecule has 6 aliphatic rings. The third kappa shape index (κ3) is 1.68. The zero-order chi connectivity index (χ0) is 17.8. The van der Waals surface area contributed by atoms with Crippen LogP contribution in [0.5, 0.6) is 0 Å². The summed E-state index contributed by atoms with van der Waals surface area (Å²) in [5.41, 5.74) is 1.01. The van der Waals surface area contributed by atoms with E-state index < -0.39 is 0 Å². The molecule has 4 saturated carbocycles. The van der Waals surface area contributed by atoms with E-state index in [2.05, 4.69) is 13.0 Å². The van der Waals surface area contributed by atoms with E-state index in [-0.39, 0.29) is 22.8 Å². The molecule has 4 heteroatoms. The quantitative estimate of drug-likeness (QED) is 0.592. The Hall–Kier alpha value is -1.09. The van der Waals surface area contributed by atoms with Gasteiger partial charge in [0.15, 0.2) is 5.78 Å². The van der Waals surface area contributed by atoms with Crippen LogP contribution < -0.4 is 0 Å². The van der Waals surface area contributed by atoms with Crippen molar-refractivity contribution in [2.45, 2.75) is 57.5 Å². The number of fused-ring (bicyclic) bond motifs is 9. The van der Waals surface area contributed by atoms with Gasteiger partial charge in [-0.05, 0) is 79.8 Å².